The van der Waals surface area contributed by atoms with E-state index in [1.54, 1.807) is 0 Å². The summed E-state index contributed by atoms with van der Waals surface area (Å²) in [5.74, 6) is 0.433. The number of nitrogens with zero attached hydrogens (tertiary/aromatic N) is 4. The van der Waals surface area contributed by atoms with Crippen molar-refractivity contribution in [3.8, 4) is 0 Å². The van der Waals surface area contributed by atoms with Gasteiger partial charge < -0.3 is 4.42 Å². The molecule has 0 N–H and O–H groups in total. The summed E-state index contributed by atoms with van der Waals surface area (Å²) in [4.78, 5) is 16.3. The van der Waals surface area contributed by atoms with E-state index < -0.39 is 5.82 Å². The van der Waals surface area contributed by atoms with Crippen molar-refractivity contribution in [3.05, 3.63) is 52.5 Å². The molecule has 0 saturated heterocycles. The molecule has 7 heteroatoms. The molecule has 102 valence electrons. The molecule has 2 heterocycles. The normalized spacial score (nSPS) is 11.1. The van der Waals surface area contributed by atoms with Crippen LogP contribution in [0.25, 0.3) is 10.9 Å². The highest BCUT2D eigenvalue weighted by molar-refractivity contribution is 5.77. The average Bonchev–Trinajstić information content (AvgIpc) is 2.89. The van der Waals surface area contributed by atoms with Gasteiger partial charge in [0, 0.05) is 12.5 Å². The molecule has 0 bridgehead atoms. The Morgan fingerprint density at radius 1 is 1.30 bits per heavy atom. The predicted molar refractivity (Wildman–Crippen MR) is 68.7 cm³/mol. The predicted octanol–water partition coefficient (Wildman–Crippen LogP) is 1.53. The number of hydrogen-bond acceptors (Lipinski definition) is 5. The second-order valence-electron chi connectivity index (χ2n) is 4.28. The topological polar surface area (TPSA) is 73.8 Å². The van der Waals surface area contributed by atoms with Gasteiger partial charge in [-0.2, -0.15) is 0 Å². The van der Waals surface area contributed by atoms with Crippen molar-refractivity contribution >= 4 is 10.9 Å². The zero-order valence-electron chi connectivity index (χ0n) is 10.7. The van der Waals surface area contributed by atoms with Crippen LogP contribution in [0.1, 0.15) is 18.7 Å². The minimum absolute atomic E-state index is 0.145. The smallest absolute Gasteiger partial charge is 0.261 e. The average molecular weight is 274 g/mol. The van der Waals surface area contributed by atoms with Gasteiger partial charge in [0.15, 0.2) is 0 Å². The summed E-state index contributed by atoms with van der Waals surface area (Å²) in [5, 5.41) is 8.04. The summed E-state index contributed by atoms with van der Waals surface area (Å²) in [5.41, 5.74) is 0.0530. The Morgan fingerprint density at radius 2 is 2.10 bits per heavy atom. The monoisotopic (exact) mass is 274 g/mol. The molecule has 0 aliphatic rings. The maximum Gasteiger partial charge on any atom is 0.261 e. The first-order valence-electron chi connectivity index (χ1n) is 6.13. The van der Waals surface area contributed by atoms with Crippen molar-refractivity contribution in [1.82, 2.24) is 19.7 Å². The Balaban J connectivity index is 2.02. The van der Waals surface area contributed by atoms with E-state index >= 15 is 0 Å². The summed E-state index contributed by atoms with van der Waals surface area (Å²) in [7, 11) is 0. The molecule has 1 aromatic carbocycles. The lowest BCUT2D eigenvalue weighted by Gasteiger charge is -2.03. The SMILES string of the molecule is CCc1nnc(Cn2cnc3cc(F)ccc3c2=O)o1. The van der Waals surface area contributed by atoms with Gasteiger partial charge in [-0.15, -0.1) is 10.2 Å². The van der Waals surface area contributed by atoms with E-state index in [-0.39, 0.29) is 12.1 Å². The molecule has 6 nitrogen and oxygen atoms in total. The van der Waals surface area contributed by atoms with Crippen molar-refractivity contribution in [2.45, 2.75) is 19.9 Å². The van der Waals surface area contributed by atoms with Gasteiger partial charge in [0.25, 0.3) is 5.56 Å². The Hall–Kier alpha value is -2.57. The number of aryl methyl sites for hydroxylation is 1. The van der Waals surface area contributed by atoms with E-state index in [1.807, 2.05) is 6.92 Å². The van der Waals surface area contributed by atoms with E-state index in [0.717, 1.165) is 0 Å². The highest BCUT2D eigenvalue weighted by atomic mass is 19.1. The fourth-order valence-corrected chi connectivity index (χ4v) is 1.88. The third-order valence-electron chi connectivity index (χ3n) is 2.90. The first-order valence-corrected chi connectivity index (χ1v) is 6.13. The molecule has 0 radical (unpaired) electrons. The van der Waals surface area contributed by atoms with Crippen LogP contribution in [0.3, 0.4) is 0 Å². The summed E-state index contributed by atoms with van der Waals surface area (Å²) >= 11 is 0. The number of rotatable bonds is 3. The van der Waals surface area contributed by atoms with E-state index in [9.17, 15) is 9.18 Å². The zero-order chi connectivity index (χ0) is 14.1. The van der Waals surface area contributed by atoms with Crippen molar-refractivity contribution < 1.29 is 8.81 Å². The first kappa shape index (κ1) is 12.5. The van der Waals surface area contributed by atoms with E-state index in [0.29, 0.717) is 29.1 Å². The van der Waals surface area contributed by atoms with Crippen molar-refractivity contribution in [2.75, 3.05) is 0 Å². The Labute approximate surface area is 112 Å². The van der Waals surface area contributed by atoms with Crippen LogP contribution in [0.5, 0.6) is 0 Å². The highest BCUT2D eigenvalue weighted by Gasteiger charge is 2.09. The molecule has 3 rings (SSSR count). The lowest BCUT2D eigenvalue weighted by atomic mass is 10.2. The largest absolute Gasteiger partial charge is 0.423 e. The van der Waals surface area contributed by atoms with Crippen LogP contribution in [0.15, 0.2) is 33.7 Å². The Bertz CT molecular complexity index is 825. The number of aromatic nitrogens is 4. The van der Waals surface area contributed by atoms with Gasteiger partial charge in [-0.05, 0) is 12.1 Å². The van der Waals surface area contributed by atoms with E-state index in [4.69, 9.17) is 4.42 Å². The molecule has 0 atom stereocenters. The van der Waals surface area contributed by atoms with Gasteiger partial charge in [0.2, 0.25) is 11.8 Å². The summed E-state index contributed by atoms with van der Waals surface area (Å²) in [6.07, 6.45) is 1.98. The lowest BCUT2D eigenvalue weighted by Crippen LogP contribution is -2.21. The van der Waals surface area contributed by atoms with Gasteiger partial charge in [-0.25, -0.2) is 9.37 Å². The van der Waals surface area contributed by atoms with Crippen molar-refractivity contribution in [1.29, 1.82) is 0 Å². The Morgan fingerprint density at radius 3 is 2.85 bits per heavy atom. The summed E-state index contributed by atoms with van der Waals surface area (Å²) < 4.78 is 19.8. The first-order chi connectivity index (χ1) is 9.67. The number of benzene rings is 1. The van der Waals surface area contributed by atoms with E-state index in [1.165, 1.54) is 29.1 Å². The second-order valence-corrected chi connectivity index (χ2v) is 4.28. The highest BCUT2D eigenvalue weighted by Crippen LogP contribution is 2.09. The van der Waals surface area contributed by atoms with Crippen LogP contribution in [0, 0.1) is 5.82 Å². The minimum atomic E-state index is -0.424. The quantitative estimate of drug-likeness (QED) is 0.724. The molecule has 0 amide bonds. The van der Waals surface area contributed by atoms with Gasteiger partial charge in [-0.1, -0.05) is 6.92 Å². The maximum absolute atomic E-state index is 13.1. The molecule has 20 heavy (non-hydrogen) atoms. The lowest BCUT2D eigenvalue weighted by molar-refractivity contribution is 0.439. The molecule has 0 aliphatic heterocycles. The minimum Gasteiger partial charge on any atom is -0.423 e. The maximum atomic E-state index is 13.1. The van der Waals surface area contributed by atoms with Crippen LogP contribution < -0.4 is 5.56 Å². The van der Waals surface area contributed by atoms with Crippen LogP contribution in [0.4, 0.5) is 4.39 Å². The molecule has 0 unspecified atom stereocenters. The fraction of sp³-hybridized carbons (Fsp3) is 0.231. The fourth-order valence-electron chi connectivity index (χ4n) is 1.88. The summed E-state index contributed by atoms with van der Waals surface area (Å²) in [6, 6.07) is 3.88. The zero-order valence-corrected chi connectivity index (χ0v) is 10.7. The Kier molecular flexibility index (Phi) is 3.02. The van der Waals surface area contributed by atoms with Gasteiger partial charge in [0.05, 0.1) is 17.2 Å². The van der Waals surface area contributed by atoms with Gasteiger partial charge >= 0.3 is 0 Å². The number of fused-ring (bicyclic) bond motifs is 1. The number of hydrogen-bond donors (Lipinski definition) is 0. The molecular formula is C13H11FN4O2. The van der Waals surface area contributed by atoms with Crippen LogP contribution in [-0.4, -0.2) is 19.7 Å². The molecule has 0 fully saturated rings. The molecular weight excluding hydrogens is 263 g/mol. The molecule has 0 saturated carbocycles. The van der Waals surface area contributed by atoms with Crippen LogP contribution in [0.2, 0.25) is 0 Å². The third kappa shape index (κ3) is 2.18. The molecule has 0 aliphatic carbocycles. The molecule has 2 aromatic heterocycles. The number of halogens is 1. The van der Waals surface area contributed by atoms with Crippen LogP contribution in [-0.2, 0) is 13.0 Å². The van der Waals surface area contributed by atoms with Crippen molar-refractivity contribution in [2.24, 2.45) is 0 Å². The second kappa shape index (κ2) is 4.84. The summed E-state index contributed by atoms with van der Waals surface area (Å²) in [6.45, 7) is 2.04. The standard InChI is InChI=1S/C13H11FN4O2/c1-2-11-16-17-12(20-11)6-18-7-15-10-5-8(14)3-4-9(10)13(18)19/h3-5,7H,2,6H2,1H3. The van der Waals surface area contributed by atoms with Crippen LogP contribution >= 0.6 is 0 Å². The van der Waals surface area contributed by atoms with E-state index in [2.05, 4.69) is 15.2 Å². The van der Waals surface area contributed by atoms with Gasteiger partial charge in [0.1, 0.15) is 12.4 Å². The van der Waals surface area contributed by atoms with Crippen molar-refractivity contribution in [3.63, 3.8) is 0 Å². The molecule has 3 aromatic rings. The van der Waals surface area contributed by atoms with Gasteiger partial charge in [-0.3, -0.25) is 9.36 Å². The molecule has 0 spiro atoms. The third-order valence-corrected chi connectivity index (χ3v) is 2.90.